The molecule has 0 bridgehead atoms. The van der Waals surface area contributed by atoms with Crippen molar-refractivity contribution in [3.05, 3.63) is 22.7 Å². The van der Waals surface area contributed by atoms with Crippen molar-refractivity contribution in [2.75, 3.05) is 20.8 Å². The SMILES string of the molecule is COc1ccc(C#CCO)c(OC)c1Cl. The van der Waals surface area contributed by atoms with Crippen LogP contribution in [0.2, 0.25) is 5.02 Å². The number of halogens is 1. The zero-order chi connectivity index (χ0) is 11.3. The summed E-state index contributed by atoms with van der Waals surface area (Å²) < 4.78 is 10.2. The highest BCUT2D eigenvalue weighted by Crippen LogP contribution is 2.36. The maximum Gasteiger partial charge on any atom is 0.156 e. The second-order valence-electron chi connectivity index (χ2n) is 2.62. The van der Waals surface area contributed by atoms with E-state index >= 15 is 0 Å². The summed E-state index contributed by atoms with van der Waals surface area (Å²) in [5.41, 5.74) is 0.623. The van der Waals surface area contributed by atoms with Crippen molar-refractivity contribution in [2.24, 2.45) is 0 Å². The zero-order valence-electron chi connectivity index (χ0n) is 8.50. The molecule has 0 radical (unpaired) electrons. The van der Waals surface area contributed by atoms with Crippen molar-refractivity contribution in [1.82, 2.24) is 0 Å². The van der Waals surface area contributed by atoms with Crippen LogP contribution in [0.1, 0.15) is 5.56 Å². The second kappa shape index (κ2) is 5.50. The van der Waals surface area contributed by atoms with Gasteiger partial charge in [-0.15, -0.1) is 0 Å². The van der Waals surface area contributed by atoms with Gasteiger partial charge in [-0.2, -0.15) is 0 Å². The van der Waals surface area contributed by atoms with E-state index in [2.05, 4.69) is 11.8 Å². The number of aliphatic hydroxyl groups excluding tert-OH is 1. The van der Waals surface area contributed by atoms with Crippen molar-refractivity contribution in [3.63, 3.8) is 0 Å². The number of hydrogen-bond acceptors (Lipinski definition) is 3. The molecule has 1 aromatic carbocycles. The van der Waals surface area contributed by atoms with Gasteiger partial charge in [0.25, 0.3) is 0 Å². The van der Waals surface area contributed by atoms with Gasteiger partial charge in [0.15, 0.2) is 5.75 Å². The first-order chi connectivity index (χ1) is 7.24. The molecule has 0 aliphatic heterocycles. The van der Waals surface area contributed by atoms with Crippen LogP contribution in [-0.4, -0.2) is 25.9 Å². The number of rotatable bonds is 2. The number of hydrogen-bond donors (Lipinski definition) is 1. The Labute approximate surface area is 93.6 Å². The van der Waals surface area contributed by atoms with E-state index < -0.39 is 0 Å². The van der Waals surface area contributed by atoms with Gasteiger partial charge in [-0.3, -0.25) is 0 Å². The van der Waals surface area contributed by atoms with E-state index in [-0.39, 0.29) is 6.61 Å². The smallest absolute Gasteiger partial charge is 0.156 e. The highest BCUT2D eigenvalue weighted by molar-refractivity contribution is 6.33. The summed E-state index contributed by atoms with van der Waals surface area (Å²) in [6.45, 7) is -0.202. The van der Waals surface area contributed by atoms with Gasteiger partial charge in [0.05, 0.1) is 19.8 Å². The first kappa shape index (κ1) is 11.7. The van der Waals surface area contributed by atoms with Crippen LogP contribution in [0, 0.1) is 11.8 Å². The van der Waals surface area contributed by atoms with Gasteiger partial charge in [-0.1, -0.05) is 23.4 Å². The summed E-state index contributed by atoms with van der Waals surface area (Å²) >= 11 is 6.01. The highest BCUT2D eigenvalue weighted by atomic mass is 35.5. The van der Waals surface area contributed by atoms with Gasteiger partial charge in [-0.25, -0.2) is 0 Å². The van der Waals surface area contributed by atoms with Crippen LogP contribution in [0.25, 0.3) is 0 Å². The molecular weight excluding hydrogens is 216 g/mol. The molecule has 1 aromatic rings. The molecule has 4 heteroatoms. The molecule has 0 fully saturated rings. The Hall–Kier alpha value is -1.37. The van der Waals surface area contributed by atoms with E-state index in [1.54, 1.807) is 12.1 Å². The van der Waals surface area contributed by atoms with E-state index in [1.807, 2.05) is 0 Å². The third kappa shape index (κ3) is 2.56. The van der Waals surface area contributed by atoms with E-state index in [0.29, 0.717) is 22.1 Å². The fourth-order valence-corrected chi connectivity index (χ4v) is 1.45. The van der Waals surface area contributed by atoms with Gasteiger partial charge in [0.1, 0.15) is 17.4 Å². The lowest BCUT2D eigenvalue weighted by molar-refractivity contribution is 0.350. The van der Waals surface area contributed by atoms with Gasteiger partial charge in [0, 0.05) is 0 Å². The minimum absolute atomic E-state index is 0.202. The molecule has 15 heavy (non-hydrogen) atoms. The molecule has 0 unspecified atom stereocenters. The Morgan fingerprint density at radius 2 is 2.07 bits per heavy atom. The van der Waals surface area contributed by atoms with E-state index in [1.165, 1.54) is 14.2 Å². The molecule has 0 aliphatic rings. The lowest BCUT2D eigenvalue weighted by Gasteiger charge is -2.09. The van der Waals surface area contributed by atoms with Gasteiger partial charge < -0.3 is 14.6 Å². The molecule has 80 valence electrons. The van der Waals surface area contributed by atoms with Gasteiger partial charge in [0.2, 0.25) is 0 Å². The van der Waals surface area contributed by atoms with Crippen LogP contribution in [-0.2, 0) is 0 Å². The highest BCUT2D eigenvalue weighted by Gasteiger charge is 2.11. The van der Waals surface area contributed by atoms with Crippen LogP contribution < -0.4 is 9.47 Å². The first-order valence-corrected chi connectivity index (χ1v) is 4.62. The van der Waals surface area contributed by atoms with Crippen molar-refractivity contribution in [2.45, 2.75) is 0 Å². The van der Waals surface area contributed by atoms with Crippen molar-refractivity contribution in [3.8, 4) is 23.3 Å². The topological polar surface area (TPSA) is 38.7 Å². The molecular formula is C11H11ClO3. The van der Waals surface area contributed by atoms with Crippen molar-refractivity contribution >= 4 is 11.6 Å². The van der Waals surface area contributed by atoms with Crippen LogP contribution in [0.5, 0.6) is 11.5 Å². The second-order valence-corrected chi connectivity index (χ2v) is 3.00. The van der Waals surface area contributed by atoms with Crippen LogP contribution >= 0.6 is 11.6 Å². The van der Waals surface area contributed by atoms with E-state index in [9.17, 15) is 0 Å². The fraction of sp³-hybridized carbons (Fsp3) is 0.273. The molecule has 0 aliphatic carbocycles. The minimum Gasteiger partial charge on any atom is -0.495 e. The molecule has 0 aromatic heterocycles. The maximum absolute atomic E-state index is 8.59. The van der Waals surface area contributed by atoms with Crippen LogP contribution in [0.4, 0.5) is 0 Å². The summed E-state index contributed by atoms with van der Waals surface area (Å²) in [5.74, 6) is 6.26. The predicted octanol–water partition coefficient (Wildman–Crippen LogP) is 1.70. The first-order valence-electron chi connectivity index (χ1n) is 4.24. The Bertz CT molecular complexity index is 404. The summed E-state index contributed by atoms with van der Waals surface area (Å²) in [7, 11) is 3.03. The third-order valence-corrected chi connectivity index (χ3v) is 2.15. The fourth-order valence-electron chi connectivity index (χ4n) is 1.13. The standard InChI is InChI=1S/C11H11ClO3/c1-14-9-6-5-8(4-3-7-13)11(15-2)10(9)12/h5-6,13H,7H2,1-2H3. The third-order valence-electron chi connectivity index (χ3n) is 1.79. The van der Waals surface area contributed by atoms with Crippen molar-refractivity contribution < 1.29 is 14.6 Å². The minimum atomic E-state index is -0.202. The normalized spacial score (nSPS) is 9.07. The number of aliphatic hydroxyl groups is 1. The Kier molecular flexibility index (Phi) is 4.29. The number of methoxy groups -OCH3 is 2. The van der Waals surface area contributed by atoms with Gasteiger partial charge >= 0.3 is 0 Å². The Balaban J connectivity index is 3.24. The zero-order valence-corrected chi connectivity index (χ0v) is 9.26. The molecule has 0 saturated carbocycles. The Morgan fingerprint density at radius 1 is 1.33 bits per heavy atom. The van der Waals surface area contributed by atoms with Crippen LogP contribution in [0.3, 0.4) is 0 Å². The largest absolute Gasteiger partial charge is 0.495 e. The van der Waals surface area contributed by atoms with E-state index in [0.717, 1.165) is 0 Å². The number of benzene rings is 1. The lowest BCUT2D eigenvalue weighted by Crippen LogP contribution is -1.92. The number of ether oxygens (including phenoxy) is 2. The molecule has 0 saturated heterocycles. The molecule has 1 N–H and O–H groups in total. The maximum atomic E-state index is 8.59. The average Bonchev–Trinajstić information content (AvgIpc) is 2.26. The summed E-state index contributed by atoms with van der Waals surface area (Å²) in [4.78, 5) is 0. The Morgan fingerprint density at radius 3 is 2.60 bits per heavy atom. The van der Waals surface area contributed by atoms with Gasteiger partial charge in [-0.05, 0) is 12.1 Å². The summed E-state index contributed by atoms with van der Waals surface area (Å²) in [6, 6.07) is 3.43. The molecule has 0 spiro atoms. The summed E-state index contributed by atoms with van der Waals surface area (Å²) in [5, 5.41) is 8.97. The molecule has 3 nitrogen and oxygen atoms in total. The monoisotopic (exact) mass is 226 g/mol. The quantitative estimate of drug-likeness (QED) is 0.781. The van der Waals surface area contributed by atoms with Crippen molar-refractivity contribution in [1.29, 1.82) is 0 Å². The molecule has 1 rings (SSSR count). The molecule has 0 atom stereocenters. The molecule has 0 amide bonds. The van der Waals surface area contributed by atoms with Crippen LogP contribution in [0.15, 0.2) is 12.1 Å². The molecule has 0 heterocycles. The summed E-state index contributed by atoms with van der Waals surface area (Å²) in [6.07, 6.45) is 0. The predicted molar refractivity (Wildman–Crippen MR) is 58.5 cm³/mol. The van der Waals surface area contributed by atoms with E-state index in [4.69, 9.17) is 26.2 Å². The average molecular weight is 227 g/mol. The lowest BCUT2D eigenvalue weighted by atomic mass is 10.2.